The summed E-state index contributed by atoms with van der Waals surface area (Å²) in [6, 6.07) is 0. The third-order valence-corrected chi connectivity index (χ3v) is 7.38. The van der Waals surface area contributed by atoms with Gasteiger partial charge in [0.25, 0.3) is 22.9 Å². The maximum Gasteiger partial charge on any atom is 0.266 e. The van der Waals surface area contributed by atoms with E-state index in [1.165, 1.54) is 13.8 Å². The quantitative estimate of drug-likeness (QED) is 0.125. The van der Waals surface area contributed by atoms with Crippen molar-refractivity contribution in [2.24, 2.45) is 31.9 Å². The van der Waals surface area contributed by atoms with Crippen LogP contribution in [0, 0.1) is 13.8 Å². The van der Waals surface area contributed by atoms with Crippen LogP contribution in [0.15, 0.2) is 30.0 Å². The highest BCUT2D eigenvalue weighted by Crippen LogP contribution is 2.32. The first-order valence-corrected chi connectivity index (χ1v) is 15.3. The number of azo groups is 2. The lowest BCUT2D eigenvalue weighted by Crippen LogP contribution is -2.31. The summed E-state index contributed by atoms with van der Waals surface area (Å²) in [7, 11) is 0. The molecule has 6 N–H and O–H groups in total. The van der Waals surface area contributed by atoms with E-state index in [4.69, 9.17) is 11.5 Å². The number of pyridine rings is 2. The highest BCUT2D eigenvalue weighted by molar-refractivity contribution is 5.96. The summed E-state index contributed by atoms with van der Waals surface area (Å²) < 4.78 is 2.14. The Kier molecular flexibility index (Phi) is 14.4. The largest absolute Gasteiger partial charge is 0.493 e. The first-order valence-electron chi connectivity index (χ1n) is 15.3. The zero-order valence-electron chi connectivity index (χ0n) is 26.3. The minimum Gasteiger partial charge on any atom is -0.493 e. The van der Waals surface area contributed by atoms with E-state index < -0.39 is 22.9 Å². The van der Waals surface area contributed by atoms with Crippen molar-refractivity contribution in [1.29, 1.82) is 0 Å². The smallest absolute Gasteiger partial charge is 0.266 e. The second kappa shape index (κ2) is 17.7. The molecule has 14 heteroatoms. The molecule has 14 nitrogen and oxygen atoms in total. The maximum absolute atomic E-state index is 13.0. The summed E-state index contributed by atoms with van der Waals surface area (Å²) in [6.45, 7) is 8.20. The Morgan fingerprint density at radius 3 is 1.32 bits per heavy atom. The van der Waals surface area contributed by atoms with Gasteiger partial charge in [-0.25, -0.2) is 0 Å². The minimum absolute atomic E-state index is 0.0349. The van der Waals surface area contributed by atoms with E-state index in [9.17, 15) is 29.4 Å². The molecule has 44 heavy (non-hydrogen) atoms. The molecule has 0 unspecified atom stereocenters. The number of aromatic nitrogens is 2. The monoisotopic (exact) mass is 614 g/mol. The van der Waals surface area contributed by atoms with E-state index >= 15 is 0 Å². The molecule has 2 aromatic heterocycles. The molecular weight excluding hydrogens is 568 g/mol. The Balaban J connectivity index is 2.16. The van der Waals surface area contributed by atoms with Crippen LogP contribution in [-0.4, -0.2) is 44.3 Å². The highest BCUT2D eigenvalue weighted by Gasteiger charge is 2.23. The van der Waals surface area contributed by atoms with E-state index in [1.807, 2.05) is 0 Å². The van der Waals surface area contributed by atoms with Gasteiger partial charge in [-0.15, -0.1) is 0 Å². The van der Waals surface area contributed by atoms with Gasteiger partial charge in [0.15, 0.2) is 0 Å². The van der Waals surface area contributed by atoms with Crippen molar-refractivity contribution >= 4 is 23.2 Å². The molecule has 242 valence electrons. The first kappa shape index (κ1) is 35.8. The Labute approximate surface area is 256 Å². The molecule has 0 aromatic carbocycles. The van der Waals surface area contributed by atoms with Gasteiger partial charge in [-0.2, -0.15) is 20.5 Å². The van der Waals surface area contributed by atoms with Gasteiger partial charge in [0.2, 0.25) is 11.8 Å². The van der Waals surface area contributed by atoms with Crippen LogP contribution in [0.3, 0.4) is 0 Å². The third-order valence-electron chi connectivity index (χ3n) is 7.38. The van der Waals surface area contributed by atoms with Crippen LogP contribution < -0.4 is 22.6 Å². The fourth-order valence-electron chi connectivity index (χ4n) is 4.85. The molecule has 0 saturated heterocycles. The number of amides is 2. The van der Waals surface area contributed by atoms with Gasteiger partial charge >= 0.3 is 0 Å². The fraction of sp³-hybridized carbons (Fsp3) is 0.600. The Hall–Kier alpha value is -4.36. The van der Waals surface area contributed by atoms with Crippen LogP contribution in [0.2, 0.25) is 0 Å². The second-order valence-corrected chi connectivity index (χ2v) is 10.7. The zero-order valence-corrected chi connectivity index (χ0v) is 26.3. The van der Waals surface area contributed by atoms with Gasteiger partial charge in [0.1, 0.15) is 22.5 Å². The van der Waals surface area contributed by atoms with Gasteiger partial charge in [-0.05, 0) is 39.5 Å². The molecule has 0 bridgehead atoms. The van der Waals surface area contributed by atoms with Crippen molar-refractivity contribution in [3.63, 3.8) is 0 Å². The van der Waals surface area contributed by atoms with E-state index in [0.717, 1.165) is 47.7 Å². The summed E-state index contributed by atoms with van der Waals surface area (Å²) in [5.74, 6) is -2.60. The molecule has 0 radical (unpaired) electrons. The summed E-state index contributed by atoms with van der Waals surface area (Å²) in [6.07, 6.45) is 7.67. The lowest BCUT2D eigenvalue weighted by molar-refractivity contribution is 0.0988. The molecule has 0 saturated carbocycles. The van der Waals surface area contributed by atoms with Gasteiger partial charge in [0, 0.05) is 24.2 Å². The summed E-state index contributed by atoms with van der Waals surface area (Å²) in [4.78, 5) is 50.1. The molecule has 0 spiro atoms. The van der Waals surface area contributed by atoms with Crippen molar-refractivity contribution in [2.75, 3.05) is 13.1 Å². The topological polar surface area (TPSA) is 220 Å². The highest BCUT2D eigenvalue weighted by atomic mass is 16.3. The van der Waals surface area contributed by atoms with E-state index in [-0.39, 0.29) is 58.5 Å². The van der Waals surface area contributed by atoms with Crippen molar-refractivity contribution < 1.29 is 19.8 Å². The fourth-order valence-corrected chi connectivity index (χ4v) is 4.85. The SMILES string of the molecule is CCCCCN=Nc1c(C)c(C(N)=O)c(=O)n(CCCCCCn2c(O)c(N=NCCCCC)c(C)c(C(N)=O)c2=O)c1O. The van der Waals surface area contributed by atoms with Crippen LogP contribution in [0.25, 0.3) is 0 Å². The van der Waals surface area contributed by atoms with Crippen molar-refractivity contribution in [3.8, 4) is 11.8 Å². The summed E-state index contributed by atoms with van der Waals surface area (Å²) in [5, 5.41) is 38.1. The summed E-state index contributed by atoms with van der Waals surface area (Å²) >= 11 is 0. The standard InChI is InChI=1S/C30H46N8O6/c1-5-7-11-15-33-35-23-19(3)21(25(31)39)27(41)37(29(23)43)17-13-9-10-14-18-38-28(42)22(26(32)40)20(4)24(30(38)44)36-34-16-12-8-6-2/h43-44H,5-18H2,1-4H3,(H2,31,39)(H2,32,40). The second-order valence-electron chi connectivity index (χ2n) is 10.7. The van der Waals surface area contributed by atoms with Gasteiger partial charge in [-0.1, -0.05) is 52.4 Å². The van der Waals surface area contributed by atoms with Crippen LogP contribution in [0.4, 0.5) is 11.4 Å². The number of hydrogen-bond donors (Lipinski definition) is 4. The van der Waals surface area contributed by atoms with E-state index in [2.05, 4.69) is 34.3 Å². The number of rotatable bonds is 19. The lowest BCUT2D eigenvalue weighted by atomic mass is 10.1. The molecular formula is C30H46N8O6. The van der Waals surface area contributed by atoms with Crippen molar-refractivity contribution in [3.05, 3.63) is 43.0 Å². The Morgan fingerprint density at radius 1 is 0.636 bits per heavy atom. The lowest BCUT2D eigenvalue weighted by Gasteiger charge is -2.15. The molecule has 2 heterocycles. The molecule has 2 aromatic rings. The Morgan fingerprint density at radius 2 is 1.00 bits per heavy atom. The van der Waals surface area contributed by atoms with Gasteiger partial charge in [-0.3, -0.25) is 28.3 Å². The van der Waals surface area contributed by atoms with Crippen LogP contribution >= 0.6 is 0 Å². The molecule has 0 aliphatic rings. The number of hydrogen-bond acceptors (Lipinski definition) is 10. The average Bonchev–Trinajstić information content (AvgIpc) is 2.96. The first-order chi connectivity index (χ1) is 21.0. The minimum atomic E-state index is -0.915. The third kappa shape index (κ3) is 9.07. The number of unbranched alkanes of at least 4 members (excludes halogenated alkanes) is 7. The molecule has 2 rings (SSSR count). The molecule has 2 amide bonds. The Bertz CT molecular complexity index is 1380. The normalized spacial score (nSPS) is 11.6. The molecule has 0 aliphatic carbocycles. The number of nitrogens with zero attached hydrogens (tertiary/aromatic N) is 6. The van der Waals surface area contributed by atoms with Crippen LogP contribution in [-0.2, 0) is 13.1 Å². The molecule has 0 fully saturated rings. The van der Waals surface area contributed by atoms with Crippen LogP contribution in [0.5, 0.6) is 11.8 Å². The predicted octanol–water partition coefficient (Wildman–Crippen LogP) is 5.04. The number of carbonyl (C=O) groups excluding carboxylic acids is 2. The predicted molar refractivity (Wildman–Crippen MR) is 168 cm³/mol. The van der Waals surface area contributed by atoms with Crippen molar-refractivity contribution in [1.82, 2.24) is 9.13 Å². The molecule has 0 atom stereocenters. The summed E-state index contributed by atoms with van der Waals surface area (Å²) in [5.41, 5.74) is 9.46. The number of aromatic hydroxyl groups is 2. The molecule has 0 aliphatic heterocycles. The number of primary amides is 2. The maximum atomic E-state index is 13.0. The average molecular weight is 615 g/mol. The zero-order chi connectivity index (χ0) is 32.8. The number of carbonyl (C=O) groups is 2. The van der Waals surface area contributed by atoms with Crippen molar-refractivity contribution in [2.45, 2.75) is 105 Å². The number of nitrogens with two attached hydrogens (primary N) is 2. The van der Waals surface area contributed by atoms with E-state index in [0.29, 0.717) is 38.8 Å². The van der Waals surface area contributed by atoms with Crippen LogP contribution in [0.1, 0.15) is 110 Å². The van der Waals surface area contributed by atoms with Gasteiger partial charge in [0.05, 0.1) is 13.1 Å². The van der Waals surface area contributed by atoms with Gasteiger partial charge < -0.3 is 21.7 Å². The van der Waals surface area contributed by atoms with E-state index in [1.54, 1.807) is 0 Å².